The molecule has 16 heavy (non-hydrogen) atoms. The fourth-order valence-corrected chi connectivity index (χ4v) is 2.20. The third-order valence-corrected chi connectivity index (χ3v) is 3.16. The van der Waals surface area contributed by atoms with Crippen molar-refractivity contribution in [1.29, 1.82) is 0 Å². The average Bonchev–Trinajstić information content (AvgIpc) is 2.69. The van der Waals surface area contributed by atoms with Crippen molar-refractivity contribution in [3.05, 3.63) is 36.1 Å². The van der Waals surface area contributed by atoms with E-state index in [0.717, 1.165) is 0 Å². The van der Waals surface area contributed by atoms with E-state index in [0.29, 0.717) is 18.4 Å². The van der Waals surface area contributed by atoms with Gasteiger partial charge < -0.3 is 16.4 Å². The van der Waals surface area contributed by atoms with Crippen LogP contribution in [0, 0.1) is 5.92 Å². The van der Waals surface area contributed by atoms with Crippen LogP contribution in [0.1, 0.15) is 6.42 Å². The molecule has 0 saturated carbocycles. The van der Waals surface area contributed by atoms with Gasteiger partial charge in [-0.25, -0.2) is 0 Å². The van der Waals surface area contributed by atoms with Crippen LogP contribution in [-0.2, 0) is 4.79 Å². The average molecular weight is 219 g/mol. The van der Waals surface area contributed by atoms with E-state index in [4.69, 9.17) is 5.73 Å². The van der Waals surface area contributed by atoms with Crippen molar-refractivity contribution in [3.8, 4) is 0 Å². The number of rotatable bonds is 4. The maximum atomic E-state index is 11.2. The highest BCUT2D eigenvalue weighted by Crippen LogP contribution is 2.29. The van der Waals surface area contributed by atoms with Gasteiger partial charge in [0.1, 0.15) is 0 Å². The maximum absolute atomic E-state index is 11.2. The molecule has 0 aromatic carbocycles. The first kappa shape index (κ1) is 11.0. The number of primary amides is 1. The molecule has 2 aliphatic rings. The molecule has 1 aliphatic carbocycles. The number of allylic oxidation sites excluding steroid dienone is 2. The second-order valence-electron chi connectivity index (χ2n) is 4.16. The fourth-order valence-electron chi connectivity index (χ4n) is 2.20. The van der Waals surface area contributed by atoms with E-state index < -0.39 is 0 Å². The van der Waals surface area contributed by atoms with Crippen molar-refractivity contribution in [3.63, 3.8) is 0 Å². The zero-order valence-corrected chi connectivity index (χ0v) is 9.31. The minimum Gasteiger partial charge on any atom is -0.384 e. The van der Waals surface area contributed by atoms with E-state index in [-0.39, 0.29) is 11.9 Å². The number of likely N-dealkylation sites (N-methyl/N-ethyl adjacent to an activating group) is 1. The number of carbonyl (C=O) groups excluding carboxylic acids is 1. The second kappa shape index (κ2) is 4.53. The molecule has 0 spiro atoms. The van der Waals surface area contributed by atoms with E-state index >= 15 is 0 Å². The van der Waals surface area contributed by atoms with Crippen LogP contribution in [0.25, 0.3) is 0 Å². The Morgan fingerprint density at radius 1 is 1.56 bits per heavy atom. The standard InChI is InChI=1S/C12H17N3O/c1-14-11(12(13)16)6-8-7-15-10-5-3-2-4-9(8)10/h2-5,7,9-11,14-15H,6H2,1H3,(H2,13,16). The summed E-state index contributed by atoms with van der Waals surface area (Å²) in [6.07, 6.45) is 11.0. The van der Waals surface area contributed by atoms with Gasteiger partial charge in [0.25, 0.3) is 0 Å². The quantitative estimate of drug-likeness (QED) is 0.626. The summed E-state index contributed by atoms with van der Waals surface area (Å²) in [5.74, 6) is 0.0578. The molecule has 0 saturated heterocycles. The molecule has 4 nitrogen and oxygen atoms in total. The smallest absolute Gasteiger partial charge is 0.234 e. The number of nitrogens with one attached hydrogen (secondary N) is 2. The Balaban J connectivity index is 2.03. The van der Waals surface area contributed by atoms with Gasteiger partial charge in [-0.2, -0.15) is 0 Å². The van der Waals surface area contributed by atoms with E-state index in [1.807, 2.05) is 18.4 Å². The van der Waals surface area contributed by atoms with Crippen molar-refractivity contribution in [2.75, 3.05) is 7.05 Å². The maximum Gasteiger partial charge on any atom is 0.234 e. The normalized spacial score (nSPS) is 28.2. The van der Waals surface area contributed by atoms with Crippen LogP contribution in [0.2, 0.25) is 0 Å². The first-order valence-electron chi connectivity index (χ1n) is 5.49. The van der Waals surface area contributed by atoms with Gasteiger partial charge in [-0.3, -0.25) is 4.79 Å². The van der Waals surface area contributed by atoms with Gasteiger partial charge in [0.2, 0.25) is 5.91 Å². The lowest BCUT2D eigenvalue weighted by molar-refractivity contribution is -0.119. The summed E-state index contributed by atoms with van der Waals surface area (Å²) in [6.45, 7) is 0. The first-order chi connectivity index (χ1) is 7.72. The number of carbonyl (C=O) groups is 1. The van der Waals surface area contributed by atoms with Crippen LogP contribution in [-0.4, -0.2) is 25.0 Å². The highest BCUT2D eigenvalue weighted by atomic mass is 16.1. The van der Waals surface area contributed by atoms with Crippen LogP contribution in [0.5, 0.6) is 0 Å². The lowest BCUT2D eigenvalue weighted by atomic mass is 9.88. The second-order valence-corrected chi connectivity index (χ2v) is 4.16. The molecule has 4 N–H and O–H groups in total. The Hall–Kier alpha value is -1.55. The summed E-state index contributed by atoms with van der Waals surface area (Å²) in [6, 6.07) is 0.0523. The lowest BCUT2D eigenvalue weighted by Gasteiger charge is -2.21. The first-order valence-corrected chi connectivity index (χ1v) is 5.49. The van der Waals surface area contributed by atoms with Crippen LogP contribution in [0.15, 0.2) is 36.1 Å². The molecule has 3 unspecified atom stereocenters. The van der Waals surface area contributed by atoms with Crippen molar-refractivity contribution in [2.45, 2.75) is 18.5 Å². The molecule has 1 amide bonds. The third kappa shape index (κ3) is 2.02. The summed E-state index contributed by atoms with van der Waals surface area (Å²) in [5, 5.41) is 6.24. The molecule has 0 radical (unpaired) electrons. The van der Waals surface area contributed by atoms with Crippen LogP contribution >= 0.6 is 0 Å². The van der Waals surface area contributed by atoms with E-state index in [9.17, 15) is 4.79 Å². The van der Waals surface area contributed by atoms with Gasteiger partial charge in [0.05, 0.1) is 12.1 Å². The van der Waals surface area contributed by atoms with E-state index in [1.54, 1.807) is 7.05 Å². The molecule has 4 heteroatoms. The molecule has 86 valence electrons. The highest BCUT2D eigenvalue weighted by Gasteiger charge is 2.29. The number of nitrogens with two attached hydrogens (primary N) is 1. The van der Waals surface area contributed by atoms with Crippen molar-refractivity contribution in [1.82, 2.24) is 10.6 Å². The number of hydrogen-bond acceptors (Lipinski definition) is 3. The summed E-state index contributed by atoms with van der Waals surface area (Å²) in [7, 11) is 1.76. The van der Waals surface area contributed by atoms with Crippen molar-refractivity contribution in [2.24, 2.45) is 11.7 Å². The fraction of sp³-hybridized carbons (Fsp3) is 0.417. The highest BCUT2D eigenvalue weighted by molar-refractivity contribution is 5.80. The molecule has 0 fully saturated rings. The van der Waals surface area contributed by atoms with Gasteiger partial charge in [0.15, 0.2) is 0 Å². The monoisotopic (exact) mass is 219 g/mol. The van der Waals surface area contributed by atoms with Gasteiger partial charge >= 0.3 is 0 Å². The predicted molar refractivity (Wildman–Crippen MR) is 63.4 cm³/mol. The minimum atomic E-state index is -0.304. The zero-order chi connectivity index (χ0) is 11.5. The number of fused-ring (bicyclic) bond motifs is 1. The third-order valence-electron chi connectivity index (χ3n) is 3.16. The van der Waals surface area contributed by atoms with Crippen LogP contribution in [0.3, 0.4) is 0 Å². The van der Waals surface area contributed by atoms with Crippen LogP contribution in [0.4, 0.5) is 0 Å². The topological polar surface area (TPSA) is 67.2 Å². The molecule has 3 atom stereocenters. The largest absolute Gasteiger partial charge is 0.384 e. The molecule has 1 aliphatic heterocycles. The molecular weight excluding hydrogens is 202 g/mol. The Labute approximate surface area is 95.3 Å². The molecule has 0 aromatic heterocycles. The zero-order valence-electron chi connectivity index (χ0n) is 9.31. The number of amides is 1. The molecule has 0 bridgehead atoms. The minimum absolute atomic E-state index is 0.286. The number of hydrogen-bond donors (Lipinski definition) is 3. The van der Waals surface area contributed by atoms with Crippen molar-refractivity contribution < 1.29 is 4.79 Å². The summed E-state index contributed by atoms with van der Waals surface area (Å²) >= 11 is 0. The molecule has 1 heterocycles. The van der Waals surface area contributed by atoms with Gasteiger partial charge in [-0.1, -0.05) is 24.3 Å². The predicted octanol–water partition coefficient (Wildman–Crippen LogP) is 0.0477. The Morgan fingerprint density at radius 2 is 2.31 bits per heavy atom. The van der Waals surface area contributed by atoms with Crippen molar-refractivity contribution >= 4 is 5.91 Å². The molecule has 0 aromatic rings. The summed E-state index contributed by atoms with van der Waals surface area (Å²) in [4.78, 5) is 11.2. The molecule has 2 rings (SSSR count). The van der Waals surface area contributed by atoms with Crippen LogP contribution < -0.4 is 16.4 Å². The van der Waals surface area contributed by atoms with Gasteiger partial charge in [-0.05, 0) is 25.2 Å². The Morgan fingerprint density at radius 3 is 3.00 bits per heavy atom. The Bertz CT molecular complexity index is 370. The van der Waals surface area contributed by atoms with E-state index in [1.165, 1.54) is 5.57 Å². The van der Waals surface area contributed by atoms with Gasteiger partial charge in [-0.15, -0.1) is 0 Å². The summed E-state index contributed by atoms with van der Waals surface area (Å²) < 4.78 is 0. The van der Waals surface area contributed by atoms with Gasteiger partial charge in [0, 0.05) is 5.92 Å². The Kier molecular flexibility index (Phi) is 3.10. The van der Waals surface area contributed by atoms with E-state index in [2.05, 4.69) is 22.8 Å². The SMILES string of the molecule is CNC(CC1=CNC2C=CC=CC12)C(N)=O. The lowest BCUT2D eigenvalue weighted by Crippen LogP contribution is -2.40. The summed E-state index contributed by atoms with van der Waals surface area (Å²) in [5.41, 5.74) is 6.54. The molecular formula is C12H17N3O.